The zero-order valence-electron chi connectivity index (χ0n) is 17.3. The number of aromatic nitrogens is 3. The molecule has 7 nitrogen and oxygen atoms in total. The van der Waals surface area contributed by atoms with Crippen LogP contribution in [0.4, 0.5) is 0 Å². The number of benzene rings is 2. The number of thioether (sulfide) groups is 1. The highest BCUT2D eigenvalue weighted by Crippen LogP contribution is 2.35. The lowest BCUT2D eigenvalue weighted by Gasteiger charge is -2.08. The maximum Gasteiger partial charge on any atom is 0.277 e. The number of nitrogens with zero attached hydrogens (tertiary/aromatic N) is 3. The molecule has 31 heavy (non-hydrogen) atoms. The van der Waals surface area contributed by atoms with Gasteiger partial charge in [0.2, 0.25) is 0 Å². The summed E-state index contributed by atoms with van der Waals surface area (Å²) in [7, 11) is 3.27. The summed E-state index contributed by atoms with van der Waals surface area (Å²) in [5.74, 6) is 3.29. The molecule has 0 saturated carbocycles. The van der Waals surface area contributed by atoms with Crippen LogP contribution in [0.3, 0.4) is 0 Å². The predicted molar refractivity (Wildman–Crippen MR) is 120 cm³/mol. The Morgan fingerprint density at radius 3 is 2.58 bits per heavy atom. The first kappa shape index (κ1) is 21.2. The zero-order chi connectivity index (χ0) is 21.6. The second kappa shape index (κ2) is 9.84. The van der Waals surface area contributed by atoms with Crippen molar-refractivity contribution >= 4 is 23.1 Å². The van der Waals surface area contributed by atoms with E-state index in [4.69, 9.17) is 23.6 Å². The van der Waals surface area contributed by atoms with Crippen molar-refractivity contribution < 1.29 is 18.6 Å². The van der Waals surface area contributed by atoms with E-state index in [1.54, 1.807) is 25.6 Å². The van der Waals surface area contributed by atoms with Gasteiger partial charge in [0.1, 0.15) is 22.3 Å². The van der Waals surface area contributed by atoms with Crippen molar-refractivity contribution in [1.29, 1.82) is 0 Å². The zero-order valence-corrected chi connectivity index (χ0v) is 19.0. The Morgan fingerprint density at radius 2 is 1.81 bits per heavy atom. The van der Waals surface area contributed by atoms with Crippen LogP contribution in [0.2, 0.25) is 0 Å². The first-order chi connectivity index (χ1) is 15.1. The van der Waals surface area contributed by atoms with Crippen LogP contribution in [0.15, 0.2) is 57.5 Å². The summed E-state index contributed by atoms with van der Waals surface area (Å²) in [5.41, 5.74) is 3.04. The molecular weight excluding hydrogens is 434 g/mol. The molecule has 0 amide bonds. The van der Waals surface area contributed by atoms with Crippen molar-refractivity contribution in [1.82, 2.24) is 15.2 Å². The molecule has 0 spiro atoms. The second-order valence-corrected chi connectivity index (χ2v) is 8.35. The molecule has 0 aliphatic heterocycles. The van der Waals surface area contributed by atoms with Crippen molar-refractivity contribution in [2.75, 3.05) is 14.2 Å². The van der Waals surface area contributed by atoms with Crippen molar-refractivity contribution in [3.63, 3.8) is 0 Å². The van der Waals surface area contributed by atoms with Gasteiger partial charge in [0.15, 0.2) is 6.61 Å². The summed E-state index contributed by atoms with van der Waals surface area (Å²) in [6.45, 7) is 2.26. The third kappa shape index (κ3) is 5.36. The molecule has 2 aromatic heterocycles. The Morgan fingerprint density at radius 1 is 1.00 bits per heavy atom. The van der Waals surface area contributed by atoms with Crippen molar-refractivity contribution in [2.45, 2.75) is 24.5 Å². The van der Waals surface area contributed by atoms with Crippen LogP contribution in [-0.2, 0) is 12.4 Å². The molecule has 0 aliphatic carbocycles. The summed E-state index contributed by atoms with van der Waals surface area (Å²) in [6, 6.07) is 13.5. The quantitative estimate of drug-likeness (QED) is 0.311. The molecule has 4 aromatic rings. The second-order valence-electron chi connectivity index (χ2n) is 6.56. The van der Waals surface area contributed by atoms with E-state index in [2.05, 4.69) is 10.2 Å². The molecule has 0 bridgehead atoms. The summed E-state index contributed by atoms with van der Waals surface area (Å²) >= 11 is 3.00. The van der Waals surface area contributed by atoms with Gasteiger partial charge in [0, 0.05) is 17.2 Å². The topological polar surface area (TPSA) is 79.5 Å². The standard InChI is InChI=1S/C22H21N3O4S2/c1-14-4-6-16(7-5-14)28-11-20-24-25-22(29-20)31-13-15-12-30-21(23-15)18-9-8-17(26-2)10-19(18)27-3/h4-10,12H,11,13H2,1-3H3. The monoisotopic (exact) mass is 455 g/mol. The van der Waals surface area contributed by atoms with E-state index < -0.39 is 0 Å². The third-order valence-corrected chi connectivity index (χ3v) is 6.14. The van der Waals surface area contributed by atoms with Gasteiger partial charge >= 0.3 is 0 Å². The fourth-order valence-electron chi connectivity index (χ4n) is 2.74. The van der Waals surface area contributed by atoms with Gasteiger partial charge in [-0.05, 0) is 31.2 Å². The average molecular weight is 456 g/mol. The Hall–Kier alpha value is -3.04. The maximum atomic E-state index is 5.68. The summed E-state index contributed by atoms with van der Waals surface area (Å²) in [6.07, 6.45) is 0. The molecule has 2 aromatic carbocycles. The molecule has 9 heteroatoms. The van der Waals surface area contributed by atoms with E-state index >= 15 is 0 Å². The van der Waals surface area contributed by atoms with Gasteiger partial charge in [-0.15, -0.1) is 21.5 Å². The van der Waals surface area contributed by atoms with E-state index in [0.29, 0.717) is 16.9 Å². The Kier molecular flexibility index (Phi) is 6.73. The Bertz CT molecular complexity index is 1140. The highest BCUT2D eigenvalue weighted by Gasteiger charge is 2.13. The average Bonchev–Trinajstić information content (AvgIpc) is 3.46. The molecule has 0 radical (unpaired) electrons. The molecule has 0 atom stereocenters. The number of aryl methyl sites for hydroxylation is 1. The minimum Gasteiger partial charge on any atom is -0.497 e. The number of methoxy groups -OCH3 is 2. The van der Waals surface area contributed by atoms with E-state index in [0.717, 1.165) is 33.5 Å². The number of ether oxygens (including phenoxy) is 3. The van der Waals surface area contributed by atoms with Gasteiger partial charge in [0.25, 0.3) is 11.1 Å². The molecule has 0 saturated heterocycles. The van der Waals surface area contributed by atoms with Gasteiger partial charge in [-0.1, -0.05) is 29.5 Å². The number of hydrogen-bond acceptors (Lipinski definition) is 9. The van der Waals surface area contributed by atoms with Crippen LogP contribution in [0, 0.1) is 6.92 Å². The molecule has 160 valence electrons. The van der Waals surface area contributed by atoms with E-state index in [-0.39, 0.29) is 6.61 Å². The predicted octanol–water partition coefficient (Wildman–Crippen LogP) is 5.39. The van der Waals surface area contributed by atoms with Crippen LogP contribution in [-0.4, -0.2) is 29.4 Å². The van der Waals surface area contributed by atoms with Gasteiger partial charge in [-0.2, -0.15) is 0 Å². The molecule has 0 N–H and O–H groups in total. The molecule has 0 fully saturated rings. The normalized spacial score (nSPS) is 10.8. The number of rotatable bonds is 9. The molecule has 2 heterocycles. The van der Waals surface area contributed by atoms with Crippen molar-refractivity contribution in [3.05, 3.63) is 65.0 Å². The fraction of sp³-hybridized carbons (Fsp3) is 0.227. The first-order valence-electron chi connectivity index (χ1n) is 9.46. The van der Waals surface area contributed by atoms with E-state index in [1.807, 2.05) is 54.8 Å². The molecular formula is C22H21N3O4S2. The minimum atomic E-state index is 0.231. The Labute approximate surface area is 188 Å². The first-order valence-corrected chi connectivity index (χ1v) is 11.3. The fourth-order valence-corrected chi connectivity index (χ4v) is 4.37. The minimum absolute atomic E-state index is 0.231. The van der Waals surface area contributed by atoms with Gasteiger partial charge in [-0.3, -0.25) is 0 Å². The van der Waals surface area contributed by atoms with Crippen LogP contribution in [0.5, 0.6) is 17.2 Å². The lowest BCUT2D eigenvalue weighted by molar-refractivity contribution is 0.252. The van der Waals surface area contributed by atoms with E-state index in [1.165, 1.54) is 17.3 Å². The summed E-state index contributed by atoms with van der Waals surface area (Å²) in [4.78, 5) is 4.71. The van der Waals surface area contributed by atoms with Crippen LogP contribution in [0.1, 0.15) is 17.1 Å². The molecule has 0 aliphatic rings. The third-order valence-electron chi connectivity index (χ3n) is 4.37. The van der Waals surface area contributed by atoms with Crippen LogP contribution < -0.4 is 14.2 Å². The van der Waals surface area contributed by atoms with Crippen LogP contribution >= 0.6 is 23.1 Å². The van der Waals surface area contributed by atoms with Gasteiger partial charge < -0.3 is 18.6 Å². The molecule has 0 unspecified atom stereocenters. The lowest BCUT2D eigenvalue weighted by Crippen LogP contribution is -1.95. The maximum absolute atomic E-state index is 5.68. The SMILES string of the molecule is COc1ccc(-c2nc(CSc3nnc(COc4ccc(C)cc4)o3)cs2)c(OC)c1. The number of hydrogen-bond donors (Lipinski definition) is 0. The number of thiazole rings is 1. The smallest absolute Gasteiger partial charge is 0.277 e. The lowest BCUT2D eigenvalue weighted by atomic mass is 10.2. The van der Waals surface area contributed by atoms with Crippen LogP contribution in [0.25, 0.3) is 10.6 Å². The largest absolute Gasteiger partial charge is 0.497 e. The van der Waals surface area contributed by atoms with Gasteiger partial charge in [-0.25, -0.2) is 4.98 Å². The van der Waals surface area contributed by atoms with Gasteiger partial charge in [0.05, 0.1) is 25.5 Å². The van der Waals surface area contributed by atoms with E-state index in [9.17, 15) is 0 Å². The van der Waals surface area contributed by atoms with Crippen molar-refractivity contribution in [3.8, 4) is 27.8 Å². The van der Waals surface area contributed by atoms with Crippen molar-refractivity contribution in [2.24, 2.45) is 0 Å². The highest BCUT2D eigenvalue weighted by molar-refractivity contribution is 7.98. The molecule has 4 rings (SSSR count). The summed E-state index contributed by atoms with van der Waals surface area (Å²) in [5, 5.41) is 11.5. The summed E-state index contributed by atoms with van der Waals surface area (Å²) < 4.78 is 22.1. The Balaban J connectivity index is 1.34. The highest BCUT2D eigenvalue weighted by atomic mass is 32.2.